The molecule has 0 amide bonds. The standard InChI is InChI=1S/C6H12BO7P/c1-12-15(10,11)14-5-3(2-8)13-6(7)4(5)9/h3-6,8-9H,2H2,1H3,(H,10,11)/t3-,4+,5?,6-/m1/s1. The Bertz CT molecular complexity index is 262. The first-order chi connectivity index (χ1) is 6.91. The molecule has 0 aliphatic carbocycles. The highest BCUT2D eigenvalue weighted by atomic mass is 31.2. The van der Waals surface area contributed by atoms with Gasteiger partial charge in [0.15, 0.2) is 0 Å². The molecule has 2 radical (unpaired) electrons. The highest BCUT2D eigenvalue weighted by Gasteiger charge is 2.45. The van der Waals surface area contributed by atoms with E-state index in [-0.39, 0.29) is 0 Å². The average molecular weight is 238 g/mol. The highest BCUT2D eigenvalue weighted by Crippen LogP contribution is 2.46. The van der Waals surface area contributed by atoms with Crippen molar-refractivity contribution >= 4 is 15.7 Å². The van der Waals surface area contributed by atoms with E-state index in [9.17, 15) is 9.67 Å². The van der Waals surface area contributed by atoms with Crippen LogP contribution in [0.3, 0.4) is 0 Å². The maximum absolute atomic E-state index is 11.1. The normalized spacial score (nSPS) is 40.3. The number of phosphoric ester groups is 1. The summed E-state index contributed by atoms with van der Waals surface area (Å²) in [5, 5.41) is 18.3. The zero-order chi connectivity index (χ0) is 11.6. The zero-order valence-corrected chi connectivity index (χ0v) is 8.91. The molecule has 2 unspecified atom stereocenters. The second-order valence-electron chi connectivity index (χ2n) is 3.03. The first kappa shape index (κ1) is 13.1. The maximum Gasteiger partial charge on any atom is 0.472 e. The van der Waals surface area contributed by atoms with Crippen molar-refractivity contribution < 1.29 is 33.5 Å². The number of aliphatic hydroxyl groups excluding tert-OH is 2. The van der Waals surface area contributed by atoms with Crippen molar-refractivity contribution in [2.24, 2.45) is 0 Å². The Hall–Kier alpha value is 0.0549. The molecule has 15 heavy (non-hydrogen) atoms. The molecule has 86 valence electrons. The number of hydrogen-bond donors (Lipinski definition) is 3. The van der Waals surface area contributed by atoms with Crippen molar-refractivity contribution in [2.45, 2.75) is 24.3 Å². The minimum atomic E-state index is -4.24. The van der Waals surface area contributed by atoms with E-state index in [0.29, 0.717) is 0 Å². The van der Waals surface area contributed by atoms with Crippen molar-refractivity contribution in [3.8, 4) is 0 Å². The van der Waals surface area contributed by atoms with Gasteiger partial charge in [0, 0.05) is 13.1 Å². The number of hydrogen-bond acceptors (Lipinski definition) is 6. The molecule has 1 aliphatic rings. The van der Waals surface area contributed by atoms with Crippen LogP contribution < -0.4 is 0 Å². The van der Waals surface area contributed by atoms with Crippen molar-refractivity contribution in [3.63, 3.8) is 0 Å². The van der Waals surface area contributed by atoms with Gasteiger partial charge in [-0.3, -0.25) is 9.05 Å². The second-order valence-corrected chi connectivity index (χ2v) is 4.55. The third-order valence-corrected chi connectivity index (χ3v) is 3.01. The van der Waals surface area contributed by atoms with Crippen molar-refractivity contribution in [1.29, 1.82) is 0 Å². The number of rotatable bonds is 4. The Morgan fingerprint density at radius 1 is 1.60 bits per heavy atom. The van der Waals surface area contributed by atoms with Gasteiger partial charge in [0.2, 0.25) is 0 Å². The van der Waals surface area contributed by atoms with Crippen LogP contribution in [0.4, 0.5) is 0 Å². The summed E-state index contributed by atoms with van der Waals surface area (Å²) in [6.45, 7) is -0.487. The minimum absolute atomic E-state index is 0.487. The lowest BCUT2D eigenvalue weighted by Gasteiger charge is -2.21. The third-order valence-electron chi connectivity index (χ3n) is 2.04. The summed E-state index contributed by atoms with van der Waals surface area (Å²) < 4.78 is 24.7. The summed E-state index contributed by atoms with van der Waals surface area (Å²) in [4.78, 5) is 9.02. The molecule has 1 saturated heterocycles. The largest absolute Gasteiger partial charge is 0.472 e. The van der Waals surface area contributed by atoms with E-state index >= 15 is 0 Å². The van der Waals surface area contributed by atoms with E-state index in [1.54, 1.807) is 0 Å². The van der Waals surface area contributed by atoms with Crippen LogP contribution >= 0.6 is 7.82 Å². The van der Waals surface area contributed by atoms with Crippen LogP contribution in [0.1, 0.15) is 0 Å². The molecule has 9 heteroatoms. The second kappa shape index (κ2) is 4.92. The fraction of sp³-hybridized carbons (Fsp3) is 1.00. The van der Waals surface area contributed by atoms with Crippen LogP contribution in [0.25, 0.3) is 0 Å². The van der Waals surface area contributed by atoms with Crippen LogP contribution in [-0.4, -0.2) is 61.0 Å². The predicted molar refractivity (Wildman–Crippen MR) is 49.2 cm³/mol. The minimum Gasteiger partial charge on any atom is -0.394 e. The van der Waals surface area contributed by atoms with Gasteiger partial charge in [0.1, 0.15) is 26.2 Å². The van der Waals surface area contributed by atoms with Crippen LogP contribution in [0, 0.1) is 0 Å². The summed E-state index contributed by atoms with van der Waals surface area (Å²) >= 11 is 0. The van der Waals surface area contributed by atoms with Gasteiger partial charge in [-0.25, -0.2) is 4.57 Å². The van der Waals surface area contributed by atoms with E-state index in [1.807, 2.05) is 0 Å². The van der Waals surface area contributed by atoms with Crippen molar-refractivity contribution in [2.75, 3.05) is 13.7 Å². The molecular formula is C6H12BO7P. The van der Waals surface area contributed by atoms with Crippen LogP contribution in [0.5, 0.6) is 0 Å². The Morgan fingerprint density at radius 3 is 2.67 bits per heavy atom. The molecule has 7 nitrogen and oxygen atoms in total. The third kappa shape index (κ3) is 3.01. The number of ether oxygens (including phenoxy) is 1. The summed E-state index contributed by atoms with van der Waals surface area (Å²) in [6, 6.07) is -1.07. The summed E-state index contributed by atoms with van der Waals surface area (Å²) in [7, 11) is 2.06. The van der Waals surface area contributed by atoms with Gasteiger partial charge < -0.3 is 19.8 Å². The Balaban J connectivity index is 2.70. The fourth-order valence-electron chi connectivity index (χ4n) is 1.24. The smallest absolute Gasteiger partial charge is 0.394 e. The van der Waals surface area contributed by atoms with Crippen molar-refractivity contribution in [1.82, 2.24) is 0 Å². The molecule has 0 saturated carbocycles. The Kier molecular flexibility index (Phi) is 4.31. The number of aliphatic hydroxyl groups is 2. The fourth-order valence-corrected chi connectivity index (χ4v) is 1.89. The van der Waals surface area contributed by atoms with Gasteiger partial charge in [-0.05, 0) is 0 Å². The lowest BCUT2D eigenvalue weighted by Crippen LogP contribution is -2.36. The quantitative estimate of drug-likeness (QED) is 0.398. The molecule has 1 aliphatic heterocycles. The molecule has 0 bridgehead atoms. The Morgan fingerprint density at radius 2 is 2.20 bits per heavy atom. The van der Waals surface area contributed by atoms with Crippen LogP contribution in [-0.2, 0) is 18.3 Å². The topological polar surface area (TPSA) is 105 Å². The molecule has 5 atom stereocenters. The van der Waals surface area contributed by atoms with Crippen LogP contribution in [0.2, 0.25) is 0 Å². The molecule has 0 aromatic carbocycles. The van der Waals surface area contributed by atoms with Gasteiger partial charge in [-0.15, -0.1) is 0 Å². The molecule has 1 fully saturated rings. The average Bonchev–Trinajstić information content (AvgIpc) is 2.45. The highest BCUT2D eigenvalue weighted by molar-refractivity contribution is 7.47. The van der Waals surface area contributed by atoms with Crippen molar-refractivity contribution in [3.05, 3.63) is 0 Å². The van der Waals surface area contributed by atoms with E-state index in [2.05, 4.69) is 9.05 Å². The lowest BCUT2D eigenvalue weighted by molar-refractivity contribution is -0.0109. The van der Waals surface area contributed by atoms with E-state index in [1.165, 1.54) is 0 Å². The molecule has 0 aromatic heterocycles. The summed E-state index contributed by atoms with van der Waals surface area (Å²) in [5.41, 5.74) is 0. The van der Waals surface area contributed by atoms with Crippen LogP contribution in [0.15, 0.2) is 0 Å². The van der Waals surface area contributed by atoms with E-state index in [4.69, 9.17) is 22.6 Å². The first-order valence-electron chi connectivity index (χ1n) is 4.18. The lowest BCUT2D eigenvalue weighted by atomic mass is 9.93. The summed E-state index contributed by atoms with van der Waals surface area (Å²) in [5.74, 6) is 0. The predicted octanol–water partition coefficient (Wildman–Crippen LogP) is -1.64. The van der Waals surface area contributed by atoms with Gasteiger partial charge >= 0.3 is 7.82 Å². The monoisotopic (exact) mass is 238 g/mol. The molecule has 1 heterocycles. The van der Waals surface area contributed by atoms with E-state index in [0.717, 1.165) is 7.11 Å². The van der Waals surface area contributed by atoms with Gasteiger partial charge in [0.25, 0.3) is 0 Å². The summed E-state index contributed by atoms with van der Waals surface area (Å²) in [6.07, 6.45) is -3.44. The molecule has 0 aromatic rings. The molecule has 3 N–H and O–H groups in total. The number of phosphoric acid groups is 1. The van der Waals surface area contributed by atoms with Gasteiger partial charge in [-0.1, -0.05) is 0 Å². The van der Waals surface area contributed by atoms with E-state index < -0.39 is 38.7 Å². The molecule has 1 rings (SSSR count). The van der Waals surface area contributed by atoms with Gasteiger partial charge in [0.05, 0.1) is 6.61 Å². The molecular weight excluding hydrogens is 226 g/mol. The first-order valence-corrected chi connectivity index (χ1v) is 5.67. The zero-order valence-electron chi connectivity index (χ0n) is 8.02. The maximum atomic E-state index is 11.1. The Labute approximate surface area is 88.0 Å². The van der Waals surface area contributed by atoms with Gasteiger partial charge in [-0.2, -0.15) is 0 Å². The SMILES string of the molecule is [B][C@@H]1O[C@H](CO)C(OP(=O)(O)OC)[C@@H]1O. The molecule has 0 spiro atoms.